The van der Waals surface area contributed by atoms with Crippen LogP contribution in [0.5, 0.6) is 0 Å². The maximum Gasteiger partial charge on any atom is 0.258 e. The standard InChI is InChI=1S/C21H23N5O2/c27-20(26-14-12-25(13-15-26)16-8-10-22-11-9-16)7-3-6-19-23-18-5-2-1-4-17(18)21(28)24-19/h1-2,4-5,8-11H,3,6-7,12-15H2,(H,23,24,28). The highest BCUT2D eigenvalue weighted by molar-refractivity contribution is 5.77. The summed E-state index contributed by atoms with van der Waals surface area (Å²) in [5, 5.41) is 0.592. The van der Waals surface area contributed by atoms with Crippen molar-refractivity contribution in [2.24, 2.45) is 0 Å². The van der Waals surface area contributed by atoms with Gasteiger partial charge in [-0.2, -0.15) is 0 Å². The minimum absolute atomic E-state index is 0.126. The summed E-state index contributed by atoms with van der Waals surface area (Å²) in [5.74, 6) is 0.802. The second-order valence-corrected chi connectivity index (χ2v) is 6.96. The Labute approximate surface area is 163 Å². The SMILES string of the molecule is O=C(CCCc1nc2ccccc2c(=O)[nH]1)N1CCN(c2ccncc2)CC1. The Morgan fingerprint density at radius 3 is 2.57 bits per heavy atom. The highest BCUT2D eigenvalue weighted by atomic mass is 16.2. The molecule has 0 radical (unpaired) electrons. The van der Waals surface area contributed by atoms with E-state index in [-0.39, 0.29) is 11.5 Å². The molecule has 3 aromatic rings. The molecule has 0 unspecified atom stereocenters. The van der Waals surface area contributed by atoms with Crippen LogP contribution in [0.2, 0.25) is 0 Å². The van der Waals surface area contributed by atoms with Crippen LogP contribution in [0.1, 0.15) is 18.7 Å². The molecule has 1 aromatic carbocycles. The highest BCUT2D eigenvalue weighted by Gasteiger charge is 2.21. The molecule has 144 valence electrons. The lowest BCUT2D eigenvalue weighted by atomic mass is 10.2. The van der Waals surface area contributed by atoms with Gasteiger partial charge in [0.15, 0.2) is 0 Å². The number of rotatable bonds is 5. The molecule has 1 aliphatic rings. The van der Waals surface area contributed by atoms with Crippen LogP contribution in [-0.4, -0.2) is 51.9 Å². The van der Waals surface area contributed by atoms with Gasteiger partial charge in [0.25, 0.3) is 5.56 Å². The van der Waals surface area contributed by atoms with Crippen LogP contribution in [0.25, 0.3) is 10.9 Å². The molecule has 2 aromatic heterocycles. The molecule has 7 heteroatoms. The molecular weight excluding hydrogens is 354 g/mol. The van der Waals surface area contributed by atoms with E-state index in [4.69, 9.17) is 0 Å². The summed E-state index contributed by atoms with van der Waals surface area (Å²) < 4.78 is 0. The number of H-pyrrole nitrogens is 1. The van der Waals surface area contributed by atoms with Crippen LogP contribution < -0.4 is 10.5 Å². The summed E-state index contributed by atoms with van der Waals surface area (Å²) in [7, 11) is 0. The number of aromatic amines is 1. The molecule has 7 nitrogen and oxygen atoms in total. The molecule has 0 aliphatic carbocycles. The van der Waals surface area contributed by atoms with Crippen molar-refractivity contribution >= 4 is 22.5 Å². The monoisotopic (exact) mass is 377 g/mol. The zero-order valence-corrected chi connectivity index (χ0v) is 15.7. The Balaban J connectivity index is 1.28. The van der Waals surface area contributed by atoms with Crippen molar-refractivity contribution in [1.29, 1.82) is 0 Å². The molecule has 0 atom stereocenters. The molecule has 4 rings (SSSR count). The molecule has 3 heterocycles. The van der Waals surface area contributed by atoms with Crippen molar-refractivity contribution < 1.29 is 4.79 Å². The zero-order chi connectivity index (χ0) is 19.3. The summed E-state index contributed by atoms with van der Waals surface area (Å²) in [4.78, 5) is 40.2. The maximum absolute atomic E-state index is 12.5. The normalized spacial score (nSPS) is 14.4. The number of piperazine rings is 1. The molecule has 28 heavy (non-hydrogen) atoms. The predicted octanol–water partition coefficient (Wildman–Crippen LogP) is 1.99. The molecule has 1 N–H and O–H groups in total. The van der Waals surface area contributed by atoms with Crippen molar-refractivity contribution in [3.63, 3.8) is 0 Å². The number of pyridine rings is 1. The zero-order valence-electron chi connectivity index (χ0n) is 15.7. The van der Waals surface area contributed by atoms with Crippen molar-refractivity contribution in [2.45, 2.75) is 19.3 Å². The molecule has 0 bridgehead atoms. The number of amides is 1. The average Bonchev–Trinajstić information content (AvgIpc) is 2.74. The van der Waals surface area contributed by atoms with Gasteiger partial charge in [0, 0.05) is 57.1 Å². The van der Waals surface area contributed by atoms with E-state index in [0.717, 1.165) is 31.9 Å². The first-order valence-electron chi connectivity index (χ1n) is 9.61. The van der Waals surface area contributed by atoms with Gasteiger partial charge in [0.2, 0.25) is 5.91 Å². The fourth-order valence-corrected chi connectivity index (χ4v) is 3.59. The van der Waals surface area contributed by atoms with Crippen LogP contribution in [0.15, 0.2) is 53.6 Å². The van der Waals surface area contributed by atoms with E-state index in [2.05, 4.69) is 19.9 Å². The van der Waals surface area contributed by atoms with Gasteiger partial charge < -0.3 is 14.8 Å². The number of carbonyl (C=O) groups is 1. The second kappa shape index (κ2) is 8.21. The summed E-state index contributed by atoms with van der Waals surface area (Å²) in [6, 6.07) is 11.3. The van der Waals surface area contributed by atoms with Gasteiger partial charge in [-0.15, -0.1) is 0 Å². The van der Waals surface area contributed by atoms with Crippen LogP contribution in [0, 0.1) is 0 Å². The minimum Gasteiger partial charge on any atom is -0.368 e. The third kappa shape index (κ3) is 4.03. The predicted molar refractivity (Wildman–Crippen MR) is 108 cm³/mol. The average molecular weight is 377 g/mol. The number of nitrogens with one attached hydrogen (secondary N) is 1. The second-order valence-electron chi connectivity index (χ2n) is 6.96. The number of para-hydroxylation sites is 1. The number of fused-ring (bicyclic) bond motifs is 1. The van der Waals surface area contributed by atoms with E-state index in [1.807, 2.05) is 35.2 Å². The van der Waals surface area contributed by atoms with Crippen molar-refractivity contribution in [3.05, 3.63) is 65.0 Å². The molecule has 1 fully saturated rings. The quantitative estimate of drug-likeness (QED) is 0.735. The van der Waals surface area contributed by atoms with Gasteiger partial charge in [0.05, 0.1) is 10.9 Å². The molecule has 1 aliphatic heterocycles. The van der Waals surface area contributed by atoms with Crippen LogP contribution in [0.4, 0.5) is 5.69 Å². The van der Waals surface area contributed by atoms with Gasteiger partial charge in [0.1, 0.15) is 5.82 Å². The summed E-state index contributed by atoms with van der Waals surface area (Å²) in [6.45, 7) is 3.11. The number of aryl methyl sites for hydroxylation is 1. The number of nitrogens with zero attached hydrogens (tertiary/aromatic N) is 4. The van der Waals surface area contributed by atoms with Crippen LogP contribution in [0.3, 0.4) is 0 Å². The van der Waals surface area contributed by atoms with E-state index >= 15 is 0 Å². The van der Waals surface area contributed by atoms with Crippen molar-refractivity contribution in [2.75, 3.05) is 31.1 Å². The molecule has 1 saturated heterocycles. The van der Waals surface area contributed by atoms with E-state index < -0.39 is 0 Å². The van der Waals surface area contributed by atoms with Gasteiger partial charge in [-0.05, 0) is 30.7 Å². The fourth-order valence-electron chi connectivity index (χ4n) is 3.59. The van der Waals surface area contributed by atoms with Gasteiger partial charge in [-0.25, -0.2) is 4.98 Å². The van der Waals surface area contributed by atoms with E-state index in [1.165, 1.54) is 0 Å². The van der Waals surface area contributed by atoms with Crippen molar-refractivity contribution in [3.8, 4) is 0 Å². The third-order valence-corrected chi connectivity index (χ3v) is 5.13. The first kappa shape index (κ1) is 18.2. The number of benzene rings is 1. The van der Waals surface area contributed by atoms with E-state index in [0.29, 0.717) is 36.0 Å². The number of aromatic nitrogens is 3. The molecule has 1 amide bonds. The van der Waals surface area contributed by atoms with Crippen LogP contribution >= 0.6 is 0 Å². The first-order chi connectivity index (χ1) is 13.7. The lowest BCUT2D eigenvalue weighted by Crippen LogP contribution is -2.48. The topological polar surface area (TPSA) is 82.2 Å². The minimum atomic E-state index is -0.126. The number of hydrogen-bond acceptors (Lipinski definition) is 5. The summed E-state index contributed by atoms with van der Waals surface area (Å²) in [5.41, 5.74) is 1.72. The number of hydrogen-bond donors (Lipinski definition) is 1. The molecule has 0 spiro atoms. The molecular formula is C21H23N5O2. The van der Waals surface area contributed by atoms with E-state index in [9.17, 15) is 9.59 Å². The molecule has 0 saturated carbocycles. The van der Waals surface area contributed by atoms with Crippen molar-refractivity contribution in [1.82, 2.24) is 19.9 Å². The Hall–Kier alpha value is -3.22. The van der Waals surface area contributed by atoms with Gasteiger partial charge in [-0.1, -0.05) is 12.1 Å². The fraction of sp³-hybridized carbons (Fsp3) is 0.333. The smallest absolute Gasteiger partial charge is 0.258 e. The van der Waals surface area contributed by atoms with Crippen LogP contribution in [-0.2, 0) is 11.2 Å². The maximum atomic E-state index is 12.5. The Morgan fingerprint density at radius 2 is 1.79 bits per heavy atom. The third-order valence-electron chi connectivity index (χ3n) is 5.13. The summed E-state index contributed by atoms with van der Waals surface area (Å²) >= 11 is 0. The largest absolute Gasteiger partial charge is 0.368 e. The van der Waals surface area contributed by atoms with E-state index in [1.54, 1.807) is 18.5 Å². The highest BCUT2D eigenvalue weighted by Crippen LogP contribution is 2.15. The number of anilines is 1. The first-order valence-corrected chi connectivity index (χ1v) is 9.61. The summed E-state index contributed by atoms with van der Waals surface area (Å²) in [6.07, 6.45) is 5.30. The Morgan fingerprint density at radius 1 is 1.04 bits per heavy atom. The van der Waals surface area contributed by atoms with Gasteiger partial charge in [-0.3, -0.25) is 14.6 Å². The number of carbonyl (C=O) groups excluding carboxylic acids is 1. The van der Waals surface area contributed by atoms with Gasteiger partial charge >= 0.3 is 0 Å². The Bertz CT molecular complexity index is 1010. The lowest BCUT2D eigenvalue weighted by molar-refractivity contribution is -0.131. The lowest BCUT2D eigenvalue weighted by Gasteiger charge is -2.36. The Kier molecular flexibility index (Phi) is 5.32.